The Morgan fingerprint density at radius 2 is 2.00 bits per heavy atom. The van der Waals surface area contributed by atoms with Gasteiger partial charge in [0.05, 0.1) is 6.04 Å². The van der Waals surface area contributed by atoms with Gasteiger partial charge in [0.25, 0.3) is 0 Å². The van der Waals surface area contributed by atoms with E-state index in [-0.39, 0.29) is 6.54 Å². The molecular formula is C9H15N3O6. The standard InChI is InChI=1S/C9H15N3O6/c1-3(10)6(13)12-4(8(14)15)2-11-7-5(18-7)9(16)17/h3-5,7,11H,2,10H2,1H3,(H,12,13)(H,14,15)(H,16,17)/t3-,4-,5+,7+/m0/s1. The molecule has 1 aliphatic heterocycles. The first-order valence-electron chi connectivity index (χ1n) is 5.23. The van der Waals surface area contributed by atoms with Crippen LogP contribution in [-0.2, 0) is 19.1 Å². The van der Waals surface area contributed by atoms with Crippen LogP contribution in [0, 0.1) is 0 Å². The van der Waals surface area contributed by atoms with Crippen LogP contribution in [0.4, 0.5) is 0 Å². The normalized spacial score (nSPS) is 25.0. The molecule has 1 aliphatic rings. The van der Waals surface area contributed by atoms with Crippen LogP contribution in [0.15, 0.2) is 0 Å². The maximum Gasteiger partial charge on any atom is 0.337 e. The predicted molar refractivity (Wildman–Crippen MR) is 57.5 cm³/mol. The number of aliphatic carboxylic acids is 2. The lowest BCUT2D eigenvalue weighted by Crippen LogP contribution is -2.52. The predicted octanol–water partition coefficient (Wildman–Crippen LogP) is -2.70. The number of nitrogens with two attached hydrogens (primary N) is 1. The van der Waals surface area contributed by atoms with E-state index in [0.29, 0.717) is 0 Å². The van der Waals surface area contributed by atoms with Crippen molar-refractivity contribution in [2.75, 3.05) is 6.54 Å². The molecule has 102 valence electrons. The van der Waals surface area contributed by atoms with Crippen molar-refractivity contribution in [3.8, 4) is 0 Å². The van der Waals surface area contributed by atoms with Gasteiger partial charge in [0.15, 0.2) is 6.10 Å². The zero-order chi connectivity index (χ0) is 13.9. The molecule has 6 N–H and O–H groups in total. The zero-order valence-electron chi connectivity index (χ0n) is 9.62. The first kappa shape index (κ1) is 14.4. The second-order valence-electron chi connectivity index (χ2n) is 3.91. The van der Waals surface area contributed by atoms with Crippen LogP contribution in [0.2, 0.25) is 0 Å². The van der Waals surface area contributed by atoms with Gasteiger partial charge in [0.1, 0.15) is 12.3 Å². The highest BCUT2D eigenvalue weighted by molar-refractivity contribution is 5.86. The SMILES string of the molecule is C[C@H](N)C(=O)N[C@@H](CN[C@@H]1O[C@H]1C(=O)O)C(=O)O. The maximum atomic E-state index is 11.2. The average molecular weight is 261 g/mol. The second kappa shape index (κ2) is 5.76. The summed E-state index contributed by atoms with van der Waals surface area (Å²) >= 11 is 0. The van der Waals surface area contributed by atoms with Crippen LogP contribution in [0.5, 0.6) is 0 Å². The molecule has 0 aromatic heterocycles. The maximum absolute atomic E-state index is 11.2. The number of nitrogens with one attached hydrogen (secondary N) is 2. The van der Waals surface area contributed by atoms with Gasteiger partial charge in [-0.25, -0.2) is 9.59 Å². The summed E-state index contributed by atoms with van der Waals surface area (Å²) in [7, 11) is 0. The van der Waals surface area contributed by atoms with Gasteiger partial charge < -0.3 is 26.0 Å². The average Bonchev–Trinajstić information content (AvgIpc) is 3.02. The Bertz CT molecular complexity index is 358. The monoisotopic (exact) mass is 261 g/mol. The molecule has 0 radical (unpaired) electrons. The van der Waals surface area contributed by atoms with Crippen molar-refractivity contribution >= 4 is 17.8 Å². The Kier molecular flexibility index (Phi) is 4.59. The third-order valence-corrected chi connectivity index (χ3v) is 2.29. The third-order valence-electron chi connectivity index (χ3n) is 2.29. The minimum Gasteiger partial charge on any atom is -0.480 e. The van der Waals surface area contributed by atoms with E-state index < -0.39 is 42.3 Å². The van der Waals surface area contributed by atoms with Gasteiger partial charge in [0, 0.05) is 6.54 Å². The highest BCUT2D eigenvalue weighted by Gasteiger charge is 2.45. The number of carbonyl (C=O) groups is 3. The van der Waals surface area contributed by atoms with Gasteiger partial charge in [-0.15, -0.1) is 0 Å². The van der Waals surface area contributed by atoms with E-state index in [1.807, 2.05) is 0 Å². The lowest BCUT2D eigenvalue weighted by atomic mass is 10.2. The van der Waals surface area contributed by atoms with Gasteiger partial charge >= 0.3 is 11.9 Å². The minimum atomic E-state index is -1.25. The van der Waals surface area contributed by atoms with Gasteiger partial charge in [-0.05, 0) is 6.92 Å². The van der Waals surface area contributed by atoms with Gasteiger partial charge in [-0.2, -0.15) is 0 Å². The van der Waals surface area contributed by atoms with Crippen molar-refractivity contribution in [1.29, 1.82) is 0 Å². The van der Waals surface area contributed by atoms with Crippen molar-refractivity contribution in [3.05, 3.63) is 0 Å². The molecule has 1 amide bonds. The van der Waals surface area contributed by atoms with Crippen LogP contribution in [0.3, 0.4) is 0 Å². The number of carboxylic acids is 2. The second-order valence-corrected chi connectivity index (χ2v) is 3.91. The van der Waals surface area contributed by atoms with Crippen LogP contribution in [-0.4, -0.2) is 59.0 Å². The summed E-state index contributed by atoms with van der Waals surface area (Å²) < 4.78 is 4.72. The number of ether oxygens (including phenoxy) is 1. The molecule has 1 rings (SSSR count). The third kappa shape index (κ3) is 3.95. The molecule has 0 aromatic rings. The highest BCUT2D eigenvalue weighted by Crippen LogP contribution is 2.18. The Balaban J connectivity index is 2.38. The molecule has 0 aromatic carbocycles. The van der Waals surface area contributed by atoms with Crippen molar-refractivity contribution in [3.63, 3.8) is 0 Å². The Labute approximate surface area is 102 Å². The zero-order valence-corrected chi connectivity index (χ0v) is 9.62. The number of hydrogen-bond donors (Lipinski definition) is 5. The van der Waals surface area contributed by atoms with Crippen molar-refractivity contribution in [2.45, 2.75) is 31.3 Å². The van der Waals surface area contributed by atoms with Crippen LogP contribution >= 0.6 is 0 Å². The summed E-state index contributed by atoms with van der Waals surface area (Å²) in [6, 6.07) is -2.02. The molecule has 9 heteroatoms. The van der Waals surface area contributed by atoms with Crippen molar-refractivity contribution < 1.29 is 29.3 Å². The number of carboxylic acid groups (broad SMARTS) is 2. The number of rotatable bonds is 7. The van der Waals surface area contributed by atoms with Gasteiger partial charge in [-0.1, -0.05) is 0 Å². The fourth-order valence-corrected chi connectivity index (χ4v) is 1.19. The Morgan fingerprint density at radius 3 is 2.39 bits per heavy atom. The summed E-state index contributed by atoms with van der Waals surface area (Å²) in [5.74, 6) is -2.97. The molecule has 0 aliphatic carbocycles. The van der Waals surface area contributed by atoms with Crippen molar-refractivity contribution in [2.24, 2.45) is 5.73 Å². The van der Waals surface area contributed by atoms with Crippen LogP contribution in [0.25, 0.3) is 0 Å². The van der Waals surface area contributed by atoms with E-state index >= 15 is 0 Å². The summed E-state index contributed by atoms with van der Waals surface area (Å²) in [4.78, 5) is 32.5. The molecule has 1 saturated heterocycles. The molecule has 1 fully saturated rings. The molecule has 9 nitrogen and oxygen atoms in total. The Morgan fingerprint density at radius 1 is 1.39 bits per heavy atom. The summed E-state index contributed by atoms with van der Waals surface area (Å²) in [5, 5.41) is 22.2. The lowest BCUT2D eigenvalue weighted by molar-refractivity contribution is -0.141. The molecule has 0 saturated carbocycles. The molecule has 0 spiro atoms. The Hall–Kier alpha value is -1.71. The van der Waals surface area contributed by atoms with Gasteiger partial charge in [0.2, 0.25) is 5.91 Å². The van der Waals surface area contributed by atoms with Crippen molar-refractivity contribution in [1.82, 2.24) is 10.6 Å². The smallest absolute Gasteiger partial charge is 0.337 e. The van der Waals surface area contributed by atoms with Gasteiger partial charge in [-0.3, -0.25) is 10.1 Å². The lowest BCUT2D eigenvalue weighted by Gasteiger charge is -2.15. The van der Waals surface area contributed by atoms with Crippen LogP contribution in [0.1, 0.15) is 6.92 Å². The number of carbonyl (C=O) groups excluding carboxylic acids is 1. The molecule has 0 unspecified atom stereocenters. The van der Waals surface area contributed by atoms with E-state index in [9.17, 15) is 14.4 Å². The number of hydrogen-bond acceptors (Lipinski definition) is 6. The topological polar surface area (TPSA) is 154 Å². The number of amides is 1. The first-order chi connectivity index (χ1) is 8.32. The molecule has 1 heterocycles. The molecule has 0 bridgehead atoms. The largest absolute Gasteiger partial charge is 0.480 e. The summed E-state index contributed by atoms with van der Waals surface area (Å²) in [6.07, 6.45) is -1.69. The van der Waals surface area contributed by atoms with E-state index in [4.69, 9.17) is 20.7 Å². The van der Waals surface area contributed by atoms with E-state index in [0.717, 1.165) is 0 Å². The molecular weight excluding hydrogens is 246 g/mol. The number of epoxide rings is 1. The summed E-state index contributed by atoms with van der Waals surface area (Å²) in [6.45, 7) is 1.27. The molecule has 4 atom stereocenters. The van der Waals surface area contributed by atoms with Crippen LogP contribution < -0.4 is 16.4 Å². The highest BCUT2D eigenvalue weighted by atomic mass is 16.6. The minimum absolute atomic E-state index is 0.151. The first-order valence-corrected chi connectivity index (χ1v) is 5.23. The fourth-order valence-electron chi connectivity index (χ4n) is 1.19. The van der Waals surface area contributed by atoms with E-state index in [2.05, 4.69) is 10.6 Å². The fraction of sp³-hybridized carbons (Fsp3) is 0.667. The van der Waals surface area contributed by atoms with E-state index in [1.54, 1.807) is 0 Å². The van der Waals surface area contributed by atoms with E-state index in [1.165, 1.54) is 6.92 Å². The molecule has 18 heavy (non-hydrogen) atoms. The summed E-state index contributed by atoms with van der Waals surface area (Å²) in [5.41, 5.74) is 5.29. The quantitative estimate of drug-likeness (QED) is 0.310.